The van der Waals surface area contributed by atoms with Crippen molar-refractivity contribution in [1.82, 2.24) is 19.9 Å². The number of fused-ring (bicyclic) bond motifs is 2. The SMILES string of the molecule is Cc1cccc(C)c1N1C(=O)c2ccc3c4ccc5c6c(ccc(c7ccc(c2c37)C1=O)c64)C(=O)N(c1c(C)cc(-c2ccc(CCCCCc3ccc(-c4cnc(-c6cc(C(=O)O)ccn6)cc4C(=O)O)cc3)cc2)cc1C)C5=O.O=C(O)c1ccnc(-c2cc(C(=O)O)ccn2)c1.[N-]=C=S.[N-]=C=S.[Ru+2]. The first-order chi connectivity index (χ1) is 50.6. The first kappa shape index (κ1) is 74.5. The van der Waals surface area contributed by atoms with Crippen LogP contribution in [0.25, 0.3) is 98.9 Å². The van der Waals surface area contributed by atoms with E-state index in [9.17, 15) is 48.6 Å². The van der Waals surface area contributed by atoms with E-state index in [-0.39, 0.29) is 64.9 Å². The number of amides is 4. The molecule has 4 N–H and O–H groups in total. The minimum Gasteiger partial charge on any atom is -0.753 e. The number of aromatic nitrogens is 4. The number of imide groups is 2. The first-order valence-corrected chi connectivity index (χ1v) is 33.6. The number of aromatic carboxylic acids is 4. The Morgan fingerprint density at radius 3 is 1.08 bits per heavy atom. The molecule has 0 spiro atoms. The van der Waals surface area contributed by atoms with Crippen LogP contribution in [0.3, 0.4) is 0 Å². The molecule has 23 heteroatoms. The maximum absolute atomic E-state index is 14.8. The summed E-state index contributed by atoms with van der Waals surface area (Å²) in [7, 11) is 0. The van der Waals surface area contributed by atoms with Gasteiger partial charge in [0.05, 0.1) is 56.4 Å². The van der Waals surface area contributed by atoms with Crippen molar-refractivity contribution in [2.24, 2.45) is 0 Å². The summed E-state index contributed by atoms with van der Waals surface area (Å²) in [5.41, 5.74) is 13.1. The summed E-state index contributed by atoms with van der Waals surface area (Å²) in [5.74, 6) is -5.92. The number of rotatable bonds is 16. The molecule has 4 amide bonds. The largest absolute Gasteiger partial charge is 2.00 e. The number of nitrogens with zero attached hydrogens (tertiary/aromatic N) is 8. The van der Waals surface area contributed by atoms with Crippen molar-refractivity contribution < 1.29 is 78.3 Å². The van der Waals surface area contributed by atoms with Crippen molar-refractivity contribution in [2.75, 3.05) is 9.80 Å². The number of carbonyl (C=O) groups is 8. The number of carbonyl (C=O) groups excluding carboxylic acids is 4. The molecule has 522 valence electrons. The second kappa shape index (κ2) is 31.5. The van der Waals surface area contributed by atoms with Crippen molar-refractivity contribution in [2.45, 2.75) is 59.8 Å². The van der Waals surface area contributed by atoms with Gasteiger partial charge >= 0.3 is 43.4 Å². The molecule has 6 heterocycles. The van der Waals surface area contributed by atoms with Crippen molar-refractivity contribution in [3.05, 3.63) is 283 Å². The summed E-state index contributed by atoms with van der Waals surface area (Å²) >= 11 is 7.40. The number of anilines is 2. The third-order valence-corrected chi connectivity index (χ3v) is 18.7. The maximum atomic E-state index is 14.8. The predicted octanol–water partition coefficient (Wildman–Crippen LogP) is 17.6. The summed E-state index contributed by atoms with van der Waals surface area (Å²) in [5, 5.41) is 60.2. The first-order valence-electron chi connectivity index (χ1n) is 32.8. The van der Waals surface area contributed by atoms with Gasteiger partial charge < -0.3 is 31.2 Å². The van der Waals surface area contributed by atoms with Crippen molar-refractivity contribution >= 4 is 137 Å². The van der Waals surface area contributed by atoms with Crippen LogP contribution in [0.1, 0.15) is 136 Å². The number of para-hydroxylation sites is 1. The summed E-state index contributed by atoms with van der Waals surface area (Å²) < 4.78 is 0. The van der Waals surface area contributed by atoms with Gasteiger partial charge in [0.2, 0.25) is 0 Å². The Morgan fingerprint density at radius 2 is 0.726 bits per heavy atom. The molecule has 106 heavy (non-hydrogen) atoms. The van der Waals surface area contributed by atoms with Gasteiger partial charge in [-0.05, 0) is 215 Å². The van der Waals surface area contributed by atoms with Gasteiger partial charge in [-0.25, -0.2) is 29.0 Å². The predicted molar refractivity (Wildman–Crippen MR) is 409 cm³/mol. The molecule has 0 radical (unpaired) electrons. The van der Waals surface area contributed by atoms with Crippen molar-refractivity contribution in [1.29, 1.82) is 0 Å². The van der Waals surface area contributed by atoms with Crippen molar-refractivity contribution in [3.63, 3.8) is 0 Å². The number of pyridine rings is 4. The summed E-state index contributed by atoms with van der Waals surface area (Å²) in [6.07, 6.45) is 10.3. The topological polar surface area (TPSA) is 320 Å². The van der Waals surface area contributed by atoms with Crippen LogP contribution in [0.2, 0.25) is 0 Å². The van der Waals surface area contributed by atoms with Crippen LogP contribution in [-0.2, 0) is 32.3 Å². The van der Waals surface area contributed by atoms with Crippen LogP contribution in [0.5, 0.6) is 0 Å². The van der Waals surface area contributed by atoms with Gasteiger partial charge in [0.15, 0.2) is 0 Å². The molecule has 0 aliphatic carbocycles. The van der Waals surface area contributed by atoms with Crippen LogP contribution in [0, 0.1) is 27.7 Å². The molecule has 2 aliphatic heterocycles. The van der Waals surface area contributed by atoms with E-state index < -0.39 is 35.7 Å². The number of carboxylic acids is 4. The molecular weight excluding hydrogens is 1470 g/mol. The van der Waals surface area contributed by atoms with E-state index in [2.05, 4.69) is 68.6 Å². The Hall–Kier alpha value is -12.7. The molecule has 0 atom stereocenters. The smallest absolute Gasteiger partial charge is 0.753 e. The number of thiocarbonyl (C=S) groups is 2. The minimum atomic E-state index is -1.12. The van der Waals surface area contributed by atoms with E-state index in [1.54, 1.807) is 24.3 Å². The monoisotopic (exact) mass is 1520 g/mol. The van der Waals surface area contributed by atoms with Gasteiger partial charge in [0, 0.05) is 63.4 Å². The molecule has 0 saturated heterocycles. The van der Waals surface area contributed by atoms with E-state index >= 15 is 0 Å². The minimum absolute atomic E-state index is 0. The van der Waals surface area contributed by atoms with Crippen LogP contribution >= 0.6 is 24.4 Å². The Bertz CT molecular complexity index is 5670. The molecular formula is C83H58N8O12RuS2. The Kier molecular flexibility index (Phi) is 22.1. The number of benzene rings is 9. The summed E-state index contributed by atoms with van der Waals surface area (Å²) in [4.78, 5) is 123. The average Bonchev–Trinajstić information content (AvgIpc) is 0.686. The molecule has 15 rings (SSSR count). The zero-order chi connectivity index (χ0) is 74.7. The number of isothiocyanates is 2. The quantitative estimate of drug-likeness (QED) is 0.0133. The van der Waals surface area contributed by atoms with Gasteiger partial charge in [-0.3, -0.25) is 39.1 Å². The Labute approximate surface area is 628 Å². The normalized spacial score (nSPS) is 11.9. The van der Waals surface area contributed by atoms with Crippen LogP contribution in [0.4, 0.5) is 11.4 Å². The van der Waals surface area contributed by atoms with Gasteiger partial charge in [-0.1, -0.05) is 122 Å². The van der Waals surface area contributed by atoms with Crippen LogP contribution in [0.15, 0.2) is 195 Å². The zero-order valence-corrected chi connectivity index (χ0v) is 60.2. The maximum Gasteiger partial charge on any atom is 2.00 e. The summed E-state index contributed by atoms with van der Waals surface area (Å²) in [6.45, 7) is 7.68. The van der Waals surface area contributed by atoms with E-state index in [1.807, 2.05) is 107 Å². The van der Waals surface area contributed by atoms with E-state index in [0.717, 1.165) is 103 Å². The summed E-state index contributed by atoms with van der Waals surface area (Å²) in [6, 6.07) is 50.7. The average molecular weight is 1520 g/mol. The van der Waals surface area contributed by atoms with Crippen LogP contribution < -0.4 is 9.80 Å². The second-order valence-corrected chi connectivity index (χ2v) is 25.4. The fourth-order valence-corrected chi connectivity index (χ4v) is 14.0. The zero-order valence-electron chi connectivity index (χ0n) is 56.8. The molecule has 0 unspecified atom stereocenters. The van der Waals surface area contributed by atoms with Crippen molar-refractivity contribution in [3.8, 4) is 45.0 Å². The number of hydrogen-bond donors (Lipinski definition) is 4. The number of carboxylic acid groups (broad SMARTS) is 4. The number of aryl methyl sites for hydroxylation is 6. The van der Waals surface area contributed by atoms with E-state index in [1.165, 1.54) is 92.9 Å². The third-order valence-electron chi connectivity index (χ3n) is 18.7. The van der Waals surface area contributed by atoms with E-state index in [4.69, 9.17) is 21.0 Å². The van der Waals surface area contributed by atoms with Crippen LogP contribution in [-0.4, -0.2) is 98.2 Å². The standard InChI is InChI=1S/C69H50N4O8.C12H8N2O4.2CNS.Ru/c1-36-9-8-10-37(2)62(36)72-64(74)50-25-21-46-48-23-27-52-61-53(28-24-49(59(48)61)47-22-26-51(65(72)75)60(50)58(46)47)67(77)73(66(52)76)63-38(3)31-45(32-39(63)4)42-17-13-40(14-18-42)11-6-5-7-12-41-15-19-43(20-16-41)55-35-71-57(34-54(55)69(80)81)56-33-44(68(78)79)29-30-70-56;15-11(16)7-1-3-13-9(5-7)10-6-8(12(17)18)2-4-14-10;2*2-1-3;/h8-10,13-35H,5-7,11-12H2,1-4H3,(H,78,79)(H,80,81);1-6H,(H,15,16)(H,17,18);;;/q;;2*-1;+2. The molecule has 13 aromatic rings. The Morgan fingerprint density at radius 1 is 0.387 bits per heavy atom. The number of unbranched alkanes of at least 4 members (excludes halogenated alkanes) is 2. The fraction of sp³-hybridized carbons (Fsp3) is 0.108. The van der Waals surface area contributed by atoms with Gasteiger partial charge in [-0.15, -0.1) is 0 Å². The molecule has 0 bridgehead atoms. The molecule has 0 saturated carbocycles. The molecule has 20 nitrogen and oxygen atoms in total. The van der Waals surface area contributed by atoms with Gasteiger partial charge in [0.1, 0.15) is 0 Å². The fourth-order valence-electron chi connectivity index (χ4n) is 14.0. The van der Waals surface area contributed by atoms with Gasteiger partial charge in [0.25, 0.3) is 23.6 Å². The second-order valence-electron chi connectivity index (χ2n) is 25.0. The molecule has 9 aromatic carbocycles. The van der Waals surface area contributed by atoms with E-state index in [0.29, 0.717) is 66.9 Å². The Balaban J connectivity index is 0.000000384. The number of hydrogen-bond acceptors (Lipinski definition) is 14. The third kappa shape index (κ3) is 14.3. The molecule has 2 aliphatic rings. The molecule has 0 fully saturated rings. The molecule has 4 aromatic heterocycles. The van der Waals surface area contributed by atoms with Gasteiger partial charge in [-0.2, -0.15) is 10.3 Å².